The fraction of sp³-hybridized carbons (Fsp3) is 0.444. The average molecular weight is 329 g/mol. The van der Waals surface area contributed by atoms with E-state index in [4.69, 9.17) is 16.2 Å². The lowest BCUT2D eigenvalue weighted by atomic mass is 10.1. The summed E-state index contributed by atoms with van der Waals surface area (Å²) in [4.78, 5) is 4.51. The molecule has 0 aliphatic carbocycles. The number of piperazine rings is 1. The van der Waals surface area contributed by atoms with E-state index in [2.05, 4.69) is 15.1 Å². The molecule has 0 spiro atoms. The first kappa shape index (κ1) is 16.7. The second-order valence-corrected chi connectivity index (χ2v) is 6.07. The van der Waals surface area contributed by atoms with Crippen LogP contribution in [0, 0.1) is 0 Å². The van der Waals surface area contributed by atoms with E-state index in [1.165, 1.54) is 0 Å². The minimum atomic E-state index is 0.720. The molecule has 6 nitrogen and oxygen atoms in total. The Bertz CT molecular complexity index is 587. The highest BCUT2D eigenvalue weighted by atomic mass is 16.5. The first-order chi connectivity index (χ1) is 11.8. The van der Waals surface area contributed by atoms with Crippen LogP contribution in [0.1, 0.15) is 5.56 Å². The predicted octanol–water partition coefficient (Wildman–Crippen LogP) is 0.351. The summed E-state index contributed by atoms with van der Waals surface area (Å²) in [5.41, 5.74) is 15.6. The van der Waals surface area contributed by atoms with Gasteiger partial charge in [-0.2, -0.15) is 0 Å². The summed E-state index contributed by atoms with van der Waals surface area (Å²) in [5, 5.41) is 3.36. The quantitative estimate of drug-likeness (QED) is 0.692. The number of allylic oxidation sites excluding steroid dienone is 1. The van der Waals surface area contributed by atoms with Crippen LogP contribution in [0.15, 0.2) is 47.9 Å². The zero-order valence-corrected chi connectivity index (χ0v) is 14.1. The summed E-state index contributed by atoms with van der Waals surface area (Å²) in [6.45, 7) is 6.84. The van der Waals surface area contributed by atoms with E-state index in [0.29, 0.717) is 0 Å². The molecule has 2 aliphatic rings. The number of nitrogens with one attached hydrogen (secondary N) is 1. The van der Waals surface area contributed by atoms with E-state index in [-0.39, 0.29) is 0 Å². The largest absolute Gasteiger partial charge is 0.398 e. The van der Waals surface area contributed by atoms with Crippen LogP contribution in [-0.2, 0) is 4.74 Å². The first-order valence-electron chi connectivity index (χ1n) is 8.56. The summed E-state index contributed by atoms with van der Waals surface area (Å²) in [6.07, 6.45) is 2.01. The fourth-order valence-electron chi connectivity index (χ4n) is 3.06. The Morgan fingerprint density at radius 1 is 0.958 bits per heavy atom. The molecule has 0 radical (unpaired) electrons. The number of hydrogen-bond donors (Lipinski definition) is 3. The molecule has 1 aromatic rings. The van der Waals surface area contributed by atoms with Crippen LogP contribution in [0.2, 0.25) is 0 Å². The number of rotatable bonds is 4. The number of nitrogens with two attached hydrogens (primary N) is 2. The van der Waals surface area contributed by atoms with E-state index in [9.17, 15) is 0 Å². The molecule has 1 aromatic carbocycles. The summed E-state index contributed by atoms with van der Waals surface area (Å²) >= 11 is 0. The molecule has 2 heterocycles. The minimum Gasteiger partial charge on any atom is -0.398 e. The summed E-state index contributed by atoms with van der Waals surface area (Å²) in [7, 11) is 0. The molecule has 0 amide bonds. The molecule has 2 aliphatic heterocycles. The van der Waals surface area contributed by atoms with Crippen molar-refractivity contribution in [1.29, 1.82) is 0 Å². The average Bonchev–Trinajstić information content (AvgIpc) is 2.67. The molecule has 2 saturated heterocycles. The lowest BCUT2D eigenvalue weighted by Crippen LogP contribution is -2.47. The molecule has 0 bridgehead atoms. The van der Waals surface area contributed by atoms with Crippen molar-refractivity contribution in [2.45, 2.75) is 0 Å². The van der Waals surface area contributed by atoms with Crippen LogP contribution in [0.4, 0.5) is 0 Å². The van der Waals surface area contributed by atoms with Gasteiger partial charge in [0.15, 0.2) is 0 Å². The number of hydrogen-bond acceptors (Lipinski definition) is 6. The highest BCUT2D eigenvalue weighted by molar-refractivity contribution is 5.65. The van der Waals surface area contributed by atoms with Gasteiger partial charge in [-0.15, -0.1) is 0 Å². The fourth-order valence-corrected chi connectivity index (χ4v) is 3.06. The van der Waals surface area contributed by atoms with Crippen LogP contribution in [0.25, 0.3) is 5.70 Å². The second-order valence-electron chi connectivity index (χ2n) is 6.07. The Hall–Kier alpha value is -2.18. The molecular weight excluding hydrogens is 302 g/mol. The minimum absolute atomic E-state index is 0.720. The van der Waals surface area contributed by atoms with Crippen molar-refractivity contribution < 1.29 is 4.74 Å². The number of ether oxygens (including phenoxy) is 1. The maximum Gasteiger partial charge on any atom is 0.123 e. The monoisotopic (exact) mass is 329 g/mol. The van der Waals surface area contributed by atoms with Crippen molar-refractivity contribution in [3.05, 3.63) is 53.5 Å². The van der Waals surface area contributed by atoms with Gasteiger partial charge in [-0.25, -0.2) is 0 Å². The molecule has 2 fully saturated rings. The molecule has 0 aromatic heterocycles. The van der Waals surface area contributed by atoms with Gasteiger partial charge < -0.3 is 31.3 Å². The van der Waals surface area contributed by atoms with Gasteiger partial charge in [-0.3, -0.25) is 0 Å². The van der Waals surface area contributed by atoms with Crippen LogP contribution in [0.3, 0.4) is 0 Å². The van der Waals surface area contributed by atoms with Gasteiger partial charge in [0.2, 0.25) is 0 Å². The van der Waals surface area contributed by atoms with Gasteiger partial charge >= 0.3 is 0 Å². The Morgan fingerprint density at radius 3 is 2.29 bits per heavy atom. The van der Waals surface area contributed by atoms with Gasteiger partial charge in [-0.1, -0.05) is 30.3 Å². The van der Waals surface area contributed by atoms with E-state index in [1.807, 2.05) is 36.4 Å². The van der Waals surface area contributed by atoms with Crippen LogP contribution >= 0.6 is 0 Å². The smallest absolute Gasteiger partial charge is 0.123 e. The standard InChI is InChI=1S/C18H27N5O/c19-16(15-4-2-1-3-5-15)14-17(22-10-12-24-13-11-22)18(20)23-8-6-21-7-9-23/h1-5,14,21H,6-13,19-20H2/b16-14-,18-17-. The maximum absolute atomic E-state index is 6.55. The molecule has 0 saturated carbocycles. The Balaban J connectivity index is 1.91. The SMILES string of the molecule is N/C(=C\C(=C(/N)N1CCNCC1)N1CCOCC1)c1ccccc1. The Labute approximate surface area is 143 Å². The number of morpholine rings is 1. The van der Waals surface area contributed by atoms with Gasteiger partial charge in [0, 0.05) is 45.0 Å². The lowest BCUT2D eigenvalue weighted by molar-refractivity contribution is 0.0536. The van der Waals surface area contributed by atoms with E-state index in [0.717, 1.165) is 75.3 Å². The van der Waals surface area contributed by atoms with Crippen molar-refractivity contribution in [3.8, 4) is 0 Å². The molecule has 0 unspecified atom stereocenters. The molecular formula is C18H27N5O. The van der Waals surface area contributed by atoms with E-state index >= 15 is 0 Å². The first-order valence-corrected chi connectivity index (χ1v) is 8.56. The number of benzene rings is 1. The molecule has 6 heteroatoms. The van der Waals surface area contributed by atoms with Crippen molar-refractivity contribution in [3.63, 3.8) is 0 Å². The summed E-state index contributed by atoms with van der Waals surface area (Å²) < 4.78 is 5.48. The third kappa shape index (κ3) is 4.01. The topological polar surface area (TPSA) is 79.8 Å². The number of nitrogens with zero attached hydrogens (tertiary/aromatic N) is 2. The molecule has 0 atom stereocenters. The zero-order valence-electron chi connectivity index (χ0n) is 14.1. The van der Waals surface area contributed by atoms with Crippen molar-refractivity contribution >= 4 is 5.70 Å². The van der Waals surface area contributed by atoms with Crippen LogP contribution in [0.5, 0.6) is 0 Å². The van der Waals surface area contributed by atoms with E-state index < -0.39 is 0 Å². The van der Waals surface area contributed by atoms with Crippen LogP contribution in [-0.4, -0.2) is 62.3 Å². The van der Waals surface area contributed by atoms with Crippen molar-refractivity contribution in [1.82, 2.24) is 15.1 Å². The van der Waals surface area contributed by atoms with Crippen molar-refractivity contribution in [2.75, 3.05) is 52.5 Å². The van der Waals surface area contributed by atoms with Gasteiger partial charge in [0.25, 0.3) is 0 Å². The third-order valence-corrected chi connectivity index (χ3v) is 4.47. The van der Waals surface area contributed by atoms with Crippen molar-refractivity contribution in [2.24, 2.45) is 11.5 Å². The Kier molecular flexibility index (Phi) is 5.61. The lowest BCUT2D eigenvalue weighted by Gasteiger charge is -2.36. The summed E-state index contributed by atoms with van der Waals surface area (Å²) in [6, 6.07) is 10.0. The molecule has 5 N–H and O–H groups in total. The van der Waals surface area contributed by atoms with Gasteiger partial charge in [-0.05, 0) is 11.6 Å². The van der Waals surface area contributed by atoms with Gasteiger partial charge in [0.1, 0.15) is 5.82 Å². The molecule has 3 rings (SSSR count). The highest BCUT2D eigenvalue weighted by Crippen LogP contribution is 2.19. The second kappa shape index (κ2) is 8.08. The highest BCUT2D eigenvalue weighted by Gasteiger charge is 2.20. The molecule has 24 heavy (non-hydrogen) atoms. The summed E-state index contributed by atoms with van der Waals surface area (Å²) in [5.74, 6) is 0.803. The third-order valence-electron chi connectivity index (χ3n) is 4.47. The normalized spacial score (nSPS) is 20.8. The predicted molar refractivity (Wildman–Crippen MR) is 96.7 cm³/mol. The Morgan fingerprint density at radius 2 is 1.62 bits per heavy atom. The zero-order chi connectivity index (χ0) is 16.8. The van der Waals surface area contributed by atoms with E-state index in [1.54, 1.807) is 0 Å². The van der Waals surface area contributed by atoms with Gasteiger partial charge in [0.05, 0.1) is 18.9 Å². The maximum atomic E-state index is 6.55. The van der Waals surface area contributed by atoms with Crippen LogP contribution < -0.4 is 16.8 Å². The molecule has 130 valence electrons.